The Morgan fingerprint density at radius 1 is 1.50 bits per heavy atom. The number of carboxylic acid groups (broad SMARTS) is 1. The minimum Gasteiger partial charge on any atom is -0.476 e. The van der Waals surface area contributed by atoms with E-state index in [0.29, 0.717) is 0 Å². The fourth-order valence-corrected chi connectivity index (χ4v) is 1.17. The highest BCUT2D eigenvalue weighted by molar-refractivity contribution is 7.10. The van der Waals surface area contributed by atoms with Crippen molar-refractivity contribution in [2.75, 3.05) is 19.4 Å². The summed E-state index contributed by atoms with van der Waals surface area (Å²) in [5.41, 5.74) is -0.245. The van der Waals surface area contributed by atoms with E-state index in [1.165, 1.54) is 4.90 Å². The van der Waals surface area contributed by atoms with E-state index in [2.05, 4.69) is 14.9 Å². The maximum atomic E-state index is 11.2. The number of carbonyl (C=O) groups is 2. The zero-order chi connectivity index (χ0) is 10.7. The van der Waals surface area contributed by atoms with Crippen LogP contribution in [0.4, 0.5) is 9.80 Å². The van der Waals surface area contributed by atoms with Gasteiger partial charge < -0.3 is 10.0 Å². The van der Waals surface area contributed by atoms with Gasteiger partial charge in [0.05, 0.1) is 0 Å². The van der Waals surface area contributed by atoms with Gasteiger partial charge in [0.1, 0.15) is 0 Å². The highest BCUT2D eigenvalue weighted by atomic mass is 32.1. The fraction of sp³-hybridized carbons (Fsp3) is 0.333. The maximum Gasteiger partial charge on any atom is 0.359 e. The van der Waals surface area contributed by atoms with E-state index >= 15 is 0 Å². The van der Waals surface area contributed by atoms with Crippen LogP contribution in [0.3, 0.4) is 0 Å². The zero-order valence-corrected chi connectivity index (χ0v) is 8.33. The summed E-state index contributed by atoms with van der Waals surface area (Å²) in [4.78, 5) is 23.0. The molecule has 0 radical (unpaired) electrons. The number of hydrogen-bond acceptors (Lipinski definition) is 5. The summed E-state index contributed by atoms with van der Waals surface area (Å²) in [6.07, 6.45) is 0. The number of hydrogen-bond donors (Lipinski definition) is 2. The van der Waals surface area contributed by atoms with Crippen LogP contribution in [0.2, 0.25) is 0 Å². The third-order valence-corrected chi connectivity index (χ3v) is 1.96. The van der Waals surface area contributed by atoms with Crippen molar-refractivity contribution in [1.29, 1.82) is 0 Å². The van der Waals surface area contributed by atoms with Crippen LogP contribution in [0.5, 0.6) is 0 Å². The molecule has 0 aromatic carbocycles. The average molecular weight is 216 g/mol. The zero-order valence-electron chi connectivity index (χ0n) is 7.51. The molecule has 0 aliphatic heterocycles. The van der Waals surface area contributed by atoms with Crippen LogP contribution >= 0.6 is 11.5 Å². The van der Waals surface area contributed by atoms with Gasteiger partial charge in [-0.1, -0.05) is 4.49 Å². The number of carbonyl (C=O) groups excluding carboxylic acids is 1. The lowest BCUT2D eigenvalue weighted by atomic mass is 10.5. The van der Waals surface area contributed by atoms with E-state index in [9.17, 15) is 9.59 Å². The van der Waals surface area contributed by atoms with Crippen molar-refractivity contribution < 1.29 is 14.7 Å². The number of carboxylic acids is 1. The van der Waals surface area contributed by atoms with Gasteiger partial charge in [-0.3, -0.25) is 5.32 Å². The molecule has 8 heteroatoms. The van der Waals surface area contributed by atoms with Gasteiger partial charge in [-0.15, -0.1) is 5.10 Å². The quantitative estimate of drug-likeness (QED) is 0.742. The molecular formula is C6H8N4O3S. The van der Waals surface area contributed by atoms with Crippen LogP contribution in [0, 0.1) is 0 Å². The average Bonchev–Trinajstić information content (AvgIpc) is 2.52. The molecule has 2 amide bonds. The van der Waals surface area contributed by atoms with Gasteiger partial charge in [0, 0.05) is 25.6 Å². The molecule has 1 aromatic heterocycles. The maximum absolute atomic E-state index is 11.2. The molecule has 0 aliphatic carbocycles. The third-order valence-electron chi connectivity index (χ3n) is 1.32. The van der Waals surface area contributed by atoms with Crippen molar-refractivity contribution in [1.82, 2.24) is 14.5 Å². The monoisotopic (exact) mass is 216 g/mol. The molecule has 0 saturated heterocycles. The Balaban J connectivity index is 2.82. The summed E-state index contributed by atoms with van der Waals surface area (Å²) >= 11 is 0.823. The number of anilines is 1. The van der Waals surface area contributed by atoms with Crippen LogP contribution in [0.25, 0.3) is 0 Å². The smallest absolute Gasteiger partial charge is 0.359 e. The van der Waals surface area contributed by atoms with Crippen LogP contribution in [-0.4, -0.2) is 45.7 Å². The van der Waals surface area contributed by atoms with Crippen molar-refractivity contribution in [2.24, 2.45) is 0 Å². The van der Waals surface area contributed by atoms with E-state index in [1.54, 1.807) is 14.1 Å². The van der Waals surface area contributed by atoms with Crippen molar-refractivity contribution >= 4 is 28.5 Å². The molecule has 0 spiro atoms. The van der Waals surface area contributed by atoms with Crippen LogP contribution < -0.4 is 5.32 Å². The first-order valence-corrected chi connectivity index (χ1v) is 4.33. The number of urea groups is 1. The summed E-state index contributed by atoms with van der Waals surface area (Å²) in [5, 5.41) is 14.5. The molecule has 0 fully saturated rings. The van der Waals surface area contributed by atoms with Crippen molar-refractivity contribution in [3.8, 4) is 0 Å². The SMILES string of the molecule is CN(C)C(=O)Nc1snnc1C(=O)O. The van der Waals surface area contributed by atoms with E-state index in [0.717, 1.165) is 11.5 Å². The minimum absolute atomic E-state index is 0.135. The molecule has 76 valence electrons. The van der Waals surface area contributed by atoms with E-state index < -0.39 is 12.0 Å². The summed E-state index contributed by atoms with van der Waals surface area (Å²) in [6, 6.07) is -0.418. The first-order chi connectivity index (χ1) is 6.52. The molecule has 7 nitrogen and oxygen atoms in total. The molecule has 0 atom stereocenters. The van der Waals surface area contributed by atoms with Crippen molar-refractivity contribution in [3.05, 3.63) is 5.69 Å². The van der Waals surface area contributed by atoms with Crippen LogP contribution in [-0.2, 0) is 0 Å². The van der Waals surface area contributed by atoms with E-state index in [-0.39, 0.29) is 10.7 Å². The van der Waals surface area contributed by atoms with Gasteiger partial charge >= 0.3 is 12.0 Å². The van der Waals surface area contributed by atoms with Gasteiger partial charge in [-0.25, -0.2) is 9.59 Å². The highest BCUT2D eigenvalue weighted by Gasteiger charge is 2.17. The van der Waals surface area contributed by atoms with E-state index in [1.807, 2.05) is 0 Å². The van der Waals surface area contributed by atoms with Crippen LogP contribution in [0.15, 0.2) is 0 Å². The Bertz CT molecular complexity index is 362. The lowest BCUT2D eigenvalue weighted by molar-refractivity contribution is 0.0691. The molecule has 14 heavy (non-hydrogen) atoms. The number of rotatable bonds is 2. The largest absolute Gasteiger partial charge is 0.476 e. The lowest BCUT2D eigenvalue weighted by Crippen LogP contribution is -2.27. The standard InChI is InChI=1S/C6H8N4O3S/c1-10(2)6(13)7-4-3(5(11)12)8-9-14-4/h1-2H3,(H,7,13)(H,11,12). The Labute approximate surface area is 83.5 Å². The second kappa shape index (κ2) is 4.01. The number of nitrogens with one attached hydrogen (secondary N) is 1. The fourth-order valence-electron chi connectivity index (χ4n) is 0.622. The van der Waals surface area contributed by atoms with Gasteiger partial charge in [0.15, 0.2) is 5.00 Å². The first-order valence-electron chi connectivity index (χ1n) is 3.56. The molecule has 0 saturated carbocycles. The summed E-state index contributed by atoms with van der Waals surface area (Å²) in [5.74, 6) is -1.21. The Morgan fingerprint density at radius 2 is 2.14 bits per heavy atom. The third kappa shape index (κ3) is 2.16. The highest BCUT2D eigenvalue weighted by Crippen LogP contribution is 2.17. The Kier molecular flexibility index (Phi) is 2.97. The summed E-state index contributed by atoms with van der Waals surface area (Å²) in [7, 11) is 3.09. The Hall–Kier alpha value is -1.70. The molecule has 0 bridgehead atoms. The second-order valence-corrected chi connectivity index (χ2v) is 3.33. The topological polar surface area (TPSA) is 95.4 Å². The molecule has 0 unspecified atom stereocenters. The lowest BCUT2D eigenvalue weighted by Gasteiger charge is -2.09. The number of aromatic nitrogens is 2. The van der Waals surface area contributed by atoms with Gasteiger partial charge in [-0.05, 0) is 0 Å². The Morgan fingerprint density at radius 3 is 2.64 bits per heavy atom. The van der Waals surface area contributed by atoms with Gasteiger partial charge in [0.2, 0.25) is 5.69 Å². The predicted octanol–water partition coefficient (Wildman–Crippen LogP) is 0.330. The van der Waals surface area contributed by atoms with Crippen molar-refractivity contribution in [3.63, 3.8) is 0 Å². The second-order valence-electron chi connectivity index (χ2n) is 2.58. The minimum atomic E-state index is -1.21. The predicted molar refractivity (Wildman–Crippen MR) is 49.6 cm³/mol. The number of aromatic carboxylic acids is 1. The first kappa shape index (κ1) is 10.4. The molecule has 1 heterocycles. The summed E-state index contributed by atoms with van der Waals surface area (Å²) < 4.78 is 3.43. The number of nitrogens with zero attached hydrogens (tertiary/aromatic N) is 3. The summed E-state index contributed by atoms with van der Waals surface area (Å²) in [6.45, 7) is 0. The molecule has 2 N–H and O–H groups in total. The van der Waals surface area contributed by atoms with Crippen LogP contribution in [0.1, 0.15) is 10.5 Å². The van der Waals surface area contributed by atoms with Crippen molar-refractivity contribution in [2.45, 2.75) is 0 Å². The molecule has 1 aromatic rings. The molecule has 0 aliphatic rings. The normalized spacial score (nSPS) is 9.57. The van der Waals surface area contributed by atoms with Gasteiger partial charge in [-0.2, -0.15) is 0 Å². The molecule has 1 rings (SSSR count). The van der Waals surface area contributed by atoms with Gasteiger partial charge in [0.25, 0.3) is 0 Å². The number of amides is 2. The molecular weight excluding hydrogens is 208 g/mol. The van der Waals surface area contributed by atoms with E-state index in [4.69, 9.17) is 5.11 Å².